The van der Waals surface area contributed by atoms with Gasteiger partial charge in [-0.05, 0) is 54.4 Å². The van der Waals surface area contributed by atoms with Crippen LogP contribution in [0.2, 0.25) is 0 Å². The standard InChI is InChI=1S/C34H36N2O6/c1-3-19-41-28-11-7-26(8-12-28)31-30(33(38)34(39)36(31)16-15-35-17-20-40-21-18-35)32(37)27-9-13-29(14-10-27)42-23-25-6-4-5-24(2)22-25/h3-14,22,31,37H,1,15-21,23H2,2H3. The molecule has 2 fully saturated rings. The molecule has 0 bridgehead atoms. The van der Waals surface area contributed by atoms with E-state index in [-0.39, 0.29) is 11.3 Å². The van der Waals surface area contributed by atoms with Crippen LogP contribution in [0.1, 0.15) is 28.3 Å². The van der Waals surface area contributed by atoms with E-state index in [9.17, 15) is 14.7 Å². The zero-order chi connectivity index (χ0) is 29.5. The number of amides is 1. The van der Waals surface area contributed by atoms with Crippen molar-refractivity contribution in [2.45, 2.75) is 19.6 Å². The van der Waals surface area contributed by atoms with E-state index in [1.54, 1.807) is 47.4 Å². The Labute approximate surface area is 246 Å². The molecular weight excluding hydrogens is 532 g/mol. The maximum atomic E-state index is 13.4. The molecule has 2 aliphatic rings. The quantitative estimate of drug-likeness (QED) is 0.152. The molecule has 8 nitrogen and oxygen atoms in total. The molecule has 1 N–H and O–H groups in total. The van der Waals surface area contributed by atoms with Crippen LogP contribution < -0.4 is 9.47 Å². The van der Waals surface area contributed by atoms with Crippen molar-refractivity contribution >= 4 is 17.4 Å². The van der Waals surface area contributed by atoms with Gasteiger partial charge in [0.2, 0.25) is 0 Å². The zero-order valence-electron chi connectivity index (χ0n) is 23.8. The summed E-state index contributed by atoms with van der Waals surface area (Å²) in [5, 5.41) is 11.5. The number of aryl methyl sites for hydroxylation is 1. The van der Waals surface area contributed by atoms with Crippen LogP contribution in [0.15, 0.2) is 91.0 Å². The fourth-order valence-electron chi connectivity index (χ4n) is 5.27. The Hall–Kier alpha value is -4.40. The Balaban J connectivity index is 1.41. The summed E-state index contributed by atoms with van der Waals surface area (Å²) in [6, 6.07) is 21.5. The summed E-state index contributed by atoms with van der Waals surface area (Å²) in [6.45, 7) is 10.2. The van der Waals surface area contributed by atoms with E-state index in [2.05, 4.69) is 17.5 Å². The normalized spacial score (nSPS) is 18.7. The molecule has 0 aliphatic carbocycles. The van der Waals surface area contributed by atoms with Crippen LogP contribution in [0.4, 0.5) is 0 Å². The van der Waals surface area contributed by atoms with Crippen molar-refractivity contribution in [3.05, 3.63) is 113 Å². The van der Waals surface area contributed by atoms with Crippen LogP contribution in [-0.2, 0) is 20.9 Å². The number of rotatable bonds is 11. The maximum Gasteiger partial charge on any atom is 0.295 e. The number of hydrogen-bond donors (Lipinski definition) is 1. The fourth-order valence-corrected chi connectivity index (χ4v) is 5.27. The highest BCUT2D eigenvalue weighted by atomic mass is 16.5. The summed E-state index contributed by atoms with van der Waals surface area (Å²) in [4.78, 5) is 30.5. The highest BCUT2D eigenvalue weighted by Gasteiger charge is 2.46. The van der Waals surface area contributed by atoms with Crippen LogP contribution in [0, 0.1) is 6.92 Å². The number of morpholine rings is 1. The van der Waals surface area contributed by atoms with Gasteiger partial charge < -0.3 is 24.2 Å². The summed E-state index contributed by atoms with van der Waals surface area (Å²) in [5.41, 5.74) is 3.42. The van der Waals surface area contributed by atoms with Gasteiger partial charge in [0.1, 0.15) is 30.5 Å². The number of carbonyl (C=O) groups is 2. The van der Waals surface area contributed by atoms with Gasteiger partial charge in [0, 0.05) is 31.7 Å². The van der Waals surface area contributed by atoms with E-state index in [0.717, 1.165) is 24.2 Å². The molecule has 218 valence electrons. The number of carbonyl (C=O) groups excluding carboxylic acids is 2. The lowest BCUT2D eigenvalue weighted by molar-refractivity contribution is -0.140. The molecule has 42 heavy (non-hydrogen) atoms. The van der Waals surface area contributed by atoms with Gasteiger partial charge in [0.25, 0.3) is 11.7 Å². The lowest BCUT2D eigenvalue weighted by Gasteiger charge is -2.31. The lowest BCUT2D eigenvalue weighted by atomic mass is 9.95. The minimum absolute atomic E-state index is 0.0650. The number of Topliss-reactive ketones (excluding diaryl/α,β-unsaturated/α-hetero) is 1. The number of nitrogens with zero attached hydrogens (tertiary/aromatic N) is 2. The minimum atomic E-state index is -0.739. The molecule has 2 heterocycles. The molecule has 0 spiro atoms. The molecule has 3 aromatic carbocycles. The molecule has 0 saturated carbocycles. The molecule has 5 rings (SSSR count). The third-order valence-corrected chi connectivity index (χ3v) is 7.48. The second-order valence-corrected chi connectivity index (χ2v) is 10.4. The van der Waals surface area contributed by atoms with Gasteiger partial charge >= 0.3 is 0 Å². The van der Waals surface area contributed by atoms with Crippen molar-refractivity contribution < 1.29 is 28.9 Å². The van der Waals surface area contributed by atoms with E-state index in [1.807, 2.05) is 37.3 Å². The molecule has 1 amide bonds. The average molecular weight is 569 g/mol. The smallest absolute Gasteiger partial charge is 0.295 e. The number of ketones is 1. The molecule has 0 aromatic heterocycles. The molecule has 3 aromatic rings. The Morgan fingerprint density at radius 2 is 1.67 bits per heavy atom. The summed E-state index contributed by atoms with van der Waals surface area (Å²) in [7, 11) is 0. The number of aliphatic hydroxyl groups excluding tert-OH is 1. The van der Waals surface area contributed by atoms with Gasteiger partial charge in [0.05, 0.1) is 24.8 Å². The van der Waals surface area contributed by atoms with Gasteiger partial charge in [-0.2, -0.15) is 0 Å². The Kier molecular flexibility index (Phi) is 9.36. The average Bonchev–Trinajstić information content (AvgIpc) is 3.27. The van der Waals surface area contributed by atoms with Gasteiger partial charge in [-0.25, -0.2) is 0 Å². The SMILES string of the molecule is C=CCOc1ccc(C2C(=C(O)c3ccc(OCc4cccc(C)c4)cc3)C(=O)C(=O)N2CCN2CCOCC2)cc1. The first-order valence-electron chi connectivity index (χ1n) is 14.2. The van der Waals surface area contributed by atoms with Crippen LogP contribution in [0.25, 0.3) is 5.76 Å². The molecular formula is C34H36N2O6. The third-order valence-electron chi connectivity index (χ3n) is 7.48. The van der Waals surface area contributed by atoms with Crippen molar-refractivity contribution in [1.29, 1.82) is 0 Å². The lowest BCUT2D eigenvalue weighted by Crippen LogP contribution is -2.42. The maximum absolute atomic E-state index is 13.4. The van der Waals surface area contributed by atoms with Crippen molar-refractivity contribution in [3.8, 4) is 11.5 Å². The summed E-state index contributed by atoms with van der Waals surface area (Å²) >= 11 is 0. The highest BCUT2D eigenvalue weighted by molar-refractivity contribution is 6.46. The van der Waals surface area contributed by atoms with E-state index in [4.69, 9.17) is 14.2 Å². The molecule has 1 atom stereocenters. The largest absolute Gasteiger partial charge is 0.507 e. The predicted molar refractivity (Wildman–Crippen MR) is 160 cm³/mol. The van der Waals surface area contributed by atoms with Crippen molar-refractivity contribution in [3.63, 3.8) is 0 Å². The first-order chi connectivity index (χ1) is 20.4. The predicted octanol–water partition coefficient (Wildman–Crippen LogP) is 4.89. The van der Waals surface area contributed by atoms with E-state index < -0.39 is 17.7 Å². The van der Waals surface area contributed by atoms with Crippen LogP contribution >= 0.6 is 0 Å². The van der Waals surface area contributed by atoms with Crippen LogP contribution in [0.3, 0.4) is 0 Å². The number of benzene rings is 3. The van der Waals surface area contributed by atoms with Gasteiger partial charge in [0.15, 0.2) is 0 Å². The van der Waals surface area contributed by atoms with Gasteiger partial charge in [-0.3, -0.25) is 14.5 Å². The van der Waals surface area contributed by atoms with Crippen LogP contribution in [0.5, 0.6) is 11.5 Å². The first kappa shape index (κ1) is 29.1. The molecule has 2 aliphatic heterocycles. The number of aliphatic hydroxyl groups is 1. The number of hydrogen-bond acceptors (Lipinski definition) is 7. The third kappa shape index (κ3) is 6.73. The summed E-state index contributed by atoms with van der Waals surface area (Å²) in [6.07, 6.45) is 1.66. The van der Waals surface area contributed by atoms with Crippen molar-refractivity contribution in [2.24, 2.45) is 0 Å². The van der Waals surface area contributed by atoms with E-state index >= 15 is 0 Å². The van der Waals surface area contributed by atoms with Crippen molar-refractivity contribution in [2.75, 3.05) is 46.0 Å². The highest BCUT2D eigenvalue weighted by Crippen LogP contribution is 2.40. The van der Waals surface area contributed by atoms with Gasteiger partial charge in [-0.15, -0.1) is 0 Å². The Morgan fingerprint density at radius 1 is 0.976 bits per heavy atom. The summed E-state index contributed by atoms with van der Waals surface area (Å²) in [5.74, 6) is -0.272. The minimum Gasteiger partial charge on any atom is -0.507 e. The molecule has 1 unspecified atom stereocenters. The second-order valence-electron chi connectivity index (χ2n) is 10.4. The first-order valence-corrected chi connectivity index (χ1v) is 14.2. The van der Waals surface area contributed by atoms with E-state index in [1.165, 1.54) is 0 Å². The topological polar surface area (TPSA) is 88.5 Å². The monoisotopic (exact) mass is 568 g/mol. The molecule has 2 saturated heterocycles. The van der Waals surface area contributed by atoms with Crippen molar-refractivity contribution in [1.82, 2.24) is 9.80 Å². The second kappa shape index (κ2) is 13.5. The molecule has 8 heteroatoms. The zero-order valence-corrected chi connectivity index (χ0v) is 23.8. The molecule has 0 radical (unpaired) electrons. The van der Waals surface area contributed by atoms with Crippen LogP contribution in [-0.4, -0.2) is 72.6 Å². The Bertz CT molecular complexity index is 1440. The number of likely N-dealkylation sites (tertiary alicyclic amines) is 1. The number of ether oxygens (including phenoxy) is 3. The fraction of sp³-hybridized carbons (Fsp3) is 0.294. The van der Waals surface area contributed by atoms with Gasteiger partial charge in [-0.1, -0.05) is 54.6 Å². The Morgan fingerprint density at radius 3 is 2.36 bits per heavy atom. The van der Waals surface area contributed by atoms with E-state index in [0.29, 0.717) is 62.1 Å². The summed E-state index contributed by atoms with van der Waals surface area (Å²) < 4.78 is 17.0.